The first kappa shape index (κ1) is 16.0. The average Bonchev–Trinajstić information content (AvgIpc) is 2.48. The molecule has 0 fully saturated rings. The number of aldehydes is 1. The minimum absolute atomic E-state index is 0.255. The van der Waals surface area contributed by atoms with E-state index in [-0.39, 0.29) is 13.2 Å². The summed E-state index contributed by atoms with van der Waals surface area (Å²) >= 11 is 17.6. The Kier molecular flexibility index (Phi) is 5.74. The summed E-state index contributed by atoms with van der Waals surface area (Å²) in [5, 5.41) is 1.49. The predicted octanol–water partition coefficient (Wildman–Crippen LogP) is 4.92. The summed E-state index contributed by atoms with van der Waals surface area (Å²) in [7, 11) is 0. The summed E-state index contributed by atoms with van der Waals surface area (Å²) in [5.41, 5.74) is 0.392. The number of hydrogen-bond acceptors (Lipinski definition) is 3. The molecule has 110 valence electrons. The van der Waals surface area contributed by atoms with Gasteiger partial charge in [0.25, 0.3) is 0 Å². The van der Waals surface area contributed by atoms with E-state index in [2.05, 4.69) is 0 Å². The van der Waals surface area contributed by atoms with Crippen molar-refractivity contribution in [2.75, 3.05) is 13.2 Å². The third-order valence-corrected chi connectivity index (χ3v) is 3.37. The van der Waals surface area contributed by atoms with Crippen molar-refractivity contribution in [2.45, 2.75) is 0 Å². The van der Waals surface area contributed by atoms with Crippen molar-refractivity contribution in [3.63, 3.8) is 0 Å². The van der Waals surface area contributed by atoms with Gasteiger partial charge >= 0.3 is 0 Å². The van der Waals surface area contributed by atoms with Crippen LogP contribution in [0.25, 0.3) is 0 Å². The van der Waals surface area contributed by atoms with E-state index in [0.717, 1.165) is 0 Å². The fourth-order valence-electron chi connectivity index (χ4n) is 1.63. The Balaban J connectivity index is 1.90. The van der Waals surface area contributed by atoms with Gasteiger partial charge in [0.15, 0.2) is 6.29 Å². The molecule has 0 N–H and O–H groups in total. The lowest BCUT2D eigenvalue weighted by molar-refractivity contribution is 0.111. The zero-order chi connectivity index (χ0) is 15.2. The first-order valence-corrected chi connectivity index (χ1v) is 7.19. The van der Waals surface area contributed by atoms with Crippen LogP contribution in [0.4, 0.5) is 0 Å². The second kappa shape index (κ2) is 7.55. The van der Waals surface area contributed by atoms with Gasteiger partial charge in [-0.15, -0.1) is 0 Å². The predicted molar refractivity (Wildman–Crippen MR) is 84.3 cm³/mol. The molecule has 0 saturated heterocycles. The number of carbonyl (C=O) groups is 1. The monoisotopic (exact) mass is 344 g/mol. The van der Waals surface area contributed by atoms with Crippen molar-refractivity contribution >= 4 is 41.1 Å². The van der Waals surface area contributed by atoms with E-state index in [1.165, 1.54) is 0 Å². The highest BCUT2D eigenvalue weighted by Crippen LogP contribution is 2.27. The fraction of sp³-hybridized carbons (Fsp3) is 0.133. The molecule has 6 heteroatoms. The third-order valence-electron chi connectivity index (χ3n) is 2.59. The highest BCUT2D eigenvalue weighted by atomic mass is 35.5. The molecule has 2 aromatic carbocycles. The average molecular weight is 346 g/mol. The minimum Gasteiger partial charge on any atom is -0.489 e. The van der Waals surface area contributed by atoms with Crippen LogP contribution in [0, 0.1) is 0 Å². The Hall–Kier alpha value is -1.42. The van der Waals surface area contributed by atoms with Crippen LogP contribution in [0.5, 0.6) is 11.5 Å². The lowest BCUT2D eigenvalue weighted by Gasteiger charge is -2.11. The van der Waals surface area contributed by atoms with Gasteiger partial charge in [0.1, 0.15) is 24.7 Å². The Morgan fingerprint density at radius 1 is 0.857 bits per heavy atom. The fourth-order valence-corrected chi connectivity index (χ4v) is 2.15. The van der Waals surface area contributed by atoms with Crippen molar-refractivity contribution < 1.29 is 14.3 Å². The van der Waals surface area contributed by atoms with E-state index >= 15 is 0 Å². The smallest absolute Gasteiger partial charge is 0.153 e. The van der Waals surface area contributed by atoms with Crippen LogP contribution in [-0.4, -0.2) is 19.5 Å². The van der Waals surface area contributed by atoms with Gasteiger partial charge in [-0.25, -0.2) is 0 Å². The van der Waals surface area contributed by atoms with Crippen LogP contribution in [0.3, 0.4) is 0 Å². The largest absolute Gasteiger partial charge is 0.489 e. The summed E-state index contributed by atoms with van der Waals surface area (Å²) in [5.74, 6) is 0.940. The normalized spacial score (nSPS) is 10.2. The van der Waals surface area contributed by atoms with Crippen molar-refractivity contribution in [3.8, 4) is 11.5 Å². The van der Waals surface area contributed by atoms with Crippen LogP contribution in [-0.2, 0) is 0 Å². The first-order chi connectivity index (χ1) is 10.1. The lowest BCUT2D eigenvalue weighted by atomic mass is 10.2. The molecule has 0 aliphatic carbocycles. The molecule has 3 nitrogen and oxygen atoms in total. The molecule has 0 saturated carbocycles. The maximum atomic E-state index is 10.9. The van der Waals surface area contributed by atoms with E-state index in [0.29, 0.717) is 38.4 Å². The molecule has 0 heterocycles. The summed E-state index contributed by atoms with van der Waals surface area (Å²) < 4.78 is 11.0. The highest BCUT2D eigenvalue weighted by Gasteiger charge is 2.05. The summed E-state index contributed by atoms with van der Waals surface area (Å²) in [6.45, 7) is 0.520. The molecular formula is C15H11Cl3O3. The number of hydrogen-bond donors (Lipinski definition) is 0. The van der Waals surface area contributed by atoms with Gasteiger partial charge in [0.2, 0.25) is 0 Å². The van der Waals surface area contributed by atoms with Gasteiger partial charge in [-0.05, 0) is 30.3 Å². The molecule has 0 aliphatic rings. The van der Waals surface area contributed by atoms with E-state index < -0.39 is 0 Å². The second-order valence-corrected chi connectivity index (χ2v) is 5.35. The quantitative estimate of drug-likeness (QED) is 0.551. The van der Waals surface area contributed by atoms with Crippen molar-refractivity contribution in [3.05, 3.63) is 57.0 Å². The highest BCUT2D eigenvalue weighted by molar-refractivity contribution is 6.34. The Labute approximate surface area is 137 Å². The molecule has 0 bridgehead atoms. The molecule has 0 aromatic heterocycles. The molecule has 0 spiro atoms. The van der Waals surface area contributed by atoms with Crippen LogP contribution in [0.15, 0.2) is 36.4 Å². The SMILES string of the molecule is O=Cc1cc(Cl)ccc1OCCOc1cc(Cl)ccc1Cl. The first-order valence-electron chi connectivity index (χ1n) is 6.05. The zero-order valence-electron chi connectivity index (χ0n) is 10.8. The van der Waals surface area contributed by atoms with E-state index in [4.69, 9.17) is 44.3 Å². The second-order valence-electron chi connectivity index (χ2n) is 4.07. The Morgan fingerprint density at radius 3 is 2.19 bits per heavy atom. The van der Waals surface area contributed by atoms with Gasteiger partial charge in [-0.2, -0.15) is 0 Å². The number of ether oxygens (including phenoxy) is 2. The number of halogens is 3. The molecule has 0 atom stereocenters. The van der Waals surface area contributed by atoms with E-state index in [1.54, 1.807) is 36.4 Å². The minimum atomic E-state index is 0.255. The standard InChI is InChI=1S/C15H11Cl3O3/c16-11-2-4-14(10(7-11)9-19)20-5-6-21-15-8-12(17)1-3-13(15)18/h1-4,7-9H,5-6H2. The summed E-state index contributed by atoms with van der Waals surface area (Å²) in [6, 6.07) is 9.79. The molecular weight excluding hydrogens is 335 g/mol. The maximum Gasteiger partial charge on any atom is 0.153 e. The number of carbonyl (C=O) groups excluding carboxylic acids is 1. The summed E-state index contributed by atoms with van der Waals surface area (Å²) in [4.78, 5) is 10.9. The maximum absolute atomic E-state index is 10.9. The van der Waals surface area contributed by atoms with Gasteiger partial charge in [-0.3, -0.25) is 4.79 Å². The lowest BCUT2D eigenvalue weighted by Crippen LogP contribution is -2.10. The molecule has 2 rings (SSSR count). The van der Waals surface area contributed by atoms with Crippen LogP contribution in [0.2, 0.25) is 15.1 Å². The van der Waals surface area contributed by atoms with Gasteiger partial charge in [-0.1, -0.05) is 34.8 Å². The number of benzene rings is 2. The van der Waals surface area contributed by atoms with Gasteiger partial charge in [0.05, 0.1) is 10.6 Å². The van der Waals surface area contributed by atoms with Crippen molar-refractivity contribution in [1.82, 2.24) is 0 Å². The third kappa shape index (κ3) is 4.53. The Bertz CT molecular complexity index is 644. The van der Waals surface area contributed by atoms with Crippen LogP contribution in [0.1, 0.15) is 10.4 Å². The summed E-state index contributed by atoms with van der Waals surface area (Å²) in [6.07, 6.45) is 0.690. The molecule has 0 amide bonds. The molecule has 21 heavy (non-hydrogen) atoms. The molecule has 0 aliphatic heterocycles. The Morgan fingerprint density at radius 2 is 1.48 bits per heavy atom. The van der Waals surface area contributed by atoms with Gasteiger partial charge in [0, 0.05) is 16.1 Å². The van der Waals surface area contributed by atoms with Crippen LogP contribution >= 0.6 is 34.8 Å². The van der Waals surface area contributed by atoms with Crippen LogP contribution < -0.4 is 9.47 Å². The molecule has 0 radical (unpaired) electrons. The number of rotatable bonds is 6. The topological polar surface area (TPSA) is 35.5 Å². The van der Waals surface area contributed by atoms with Crippen molar-refractivity contribution in [2.24, 2.45) is 0 Å². The molecule has 0 unspecified atom stereocenters. The van der Waals surface area contributed by atoms with E-state index in [9.17, 15) is 4.79 Å². The van der Waals surface area contributed by atoms with E-state index in [1.807, 2.05) is 0 Å². The zero-order valence-corrected chi connectivity index (χ0v) is 13.1. The van der Waals surface area contributed by atoms with Gasteiger partial charge < -0.3 is 9.47 Å². The van der Waals surface area contributed by atoms with Crippen molar-refractivity contribution in [1.29, 1.82) is 0 Å². The molecule has 2 aromatic rings.